The van der Waals surface area contributed by atoms with Gasteiger partial charge in [0.2, 0.25) is 5.28 Å². The first-order chi connectivity index (χ1) is 7.56. The fraction of sp³-hybridized carbons (Fsp3) is 0.222. The van der Waals surface area contributed by atoms with E-state index in [-0.39, 0.29) is 5.28 Å². The molecule has 0 N–H and O–H groups in total. The van der Waals surface area contributed by atoms with Crippen LogP contribution in [0.3, 0.4) is 0 Å². The lowest BCUT2D eigenvalue weighted by atomic mass is 10.5. The van der Waals surface area contributed by atoms with Gasteiger partial charge < -0.3 is 0 Å². The van der Waals surface area contributed by atoms with E-state index in [1.165, 1.54) is 18.0 Å². The highest BCUT2D eigenvalue weighted by molar-refractivity contribution is 7.99. The molecule has 0 saturated heterocycles. The zero-order valence-corrected chi connectivity index (χ0v) is 10.9. The predicted molar refractivity (Wildman–Crippen MR) is 64.1 cm³/mol. The molecule has 0 aliphatic heterocycles. The molecule has 0 radical (unpaired) electrons. The molecule has 0 spiro atoms. The highest BCUT2D eigenvalue weighted by atomic mass is 35.5. The fourth-order valence-corrected chi connectivity index (χ4v) is 2.46. The van der Waals surface area contributed by atoms with E-state index in [0.717, 1.165) is 10.7 Å². The van der Waals surface area contributed by atoms with Gasteiger partial charge in [0, 0.05) is 7.05 Å². The SMILES string of the molecule is Cc1cc(Sc2nc(Cl)ncc2Cl)n(C)n1. The van der Waals surface area contributed by atoms with Gasteiger partial charge in [-0.1, -0.05) is 11.6 Å². The van der Waals surface area contributed by atoms with E-state index < -0.39 is 0 Å². The lowest BCUT2D eigenvalue weighted by molar-refractivity contribution is 0.692. The maximum Gasteiger partial charge on any atom is 0.223 e. The molecule has 0 aliphatic carbocycles. The average Bonchev–Trinajstić information content (AvgIpc) is 2.51. The molecule has 0 aliphatic rings. The Hall–Kier alpha value is -0.780. The summed E-state index contributed by atoms with van der Waals surface area (Å²) in [6.07, 6.45) is 1.49. The van der Waals surface area contributed by atoms with E-state index >= 15 is 0 Å². The highest BCUT2D eigenvalue weighted by Gasteiger charge is 2.10. The summed E-state index contributed by atoms with van der Waals surface area (Å²) in [6.45, 7) is 1.93. The summed E-state index contributed by atoms with van der Waals surface area (Å²) < 4.78 is 1.77. The number of rotatable bonds is 2. The van der Waals surface area contributed by atoms with E-state index in [1.807, 2.05) is 20.0 Å². The van der Waals surface area contributed by atoms with Crippen LogP contribution in [0.25, 0.3) is 0 Å². The van der Waals surface area contributed by atoms with Crippen molar-refractivity contribution in [3.63, 3.8) is 0 Å². The van der Waals surface area contributed by atoms with Gasteiger partial charge in [0.15, 0.2) is 0 Å². The van der Waals surface area contributed by atoms with Crippen molar-refractivity contribution in [2.75, 3.05) is 0 Å². The van der Waals surface area contributed by atoms with E-state index in [1.54, 1.807) is 4.68 Å². The highest BCUT2D eigenvalue weighted by Crippen LogP contribution is 2.31. The van der Waals surface area contributed by atoms with Crippen LogP contribution in [0.1, 0.15) is 5.69 Å². The fourth-order valence-electron chi connectivity index (χ4n) is 1.18. The minimum absolute atomic E-state index is 0.186. The van der Waals surface area contributed by atoms with Gasteiger partial charge in [-0.15, -0.1) is 0 Å². The Kier molecular flexibility index (Phi) is 3.37. The van der Waals surface area contributed by atoms with E-state index in [4.69, 9.17) is 23.2 Å². The minimum atomic E-state index is 0.186. The normalized spacial score (nSPS) is 10.8. The van der Waals surface area contributed by atoms with Crippen LogP contribution in [0.4, 0.5) is 0 Å². The molecule has 84 valence electrons. The summed E-state index contributed by atoms with van der Waals surface area (Å²) in [5.74, 6) is 0. The molecule has 0 unspecified atom stereocenters. The number of hydrogen-bond acceptors (Lipinski definition) is 4. The standard InChI is InChI=1S/C9H8Cl2N4S/c1-5-3-7(15(2)14-5)16-8-6(10)4-12-9(11)13-8/h3-4H,1-2H3. The molecule has 16 heavy (non-hydrogen) atoms. The number of aryl methyl sites for hydroxylation is 2. The first-order valence-electron chi connectivity index (χ1n) is 4.43. The predicted octanol–water partition coefficient (Wildman–Crippen LogP) is 2.98. The van der Waals surface area contributed by atoms with Crippen LogP contribution in [-0.2, 0) is 7.05 Å². The lowest BCUT2D eigenvalue weighted by Gasteiger charge is -2.02. The summed E-state index contributed by atoms with van der Waals surface area (Å²) in [7, 11) is 1.87. The van der Waals surface area contributed by atoms with E-state index in [0.29, 0.717) is 10.0 Å². The topological polar surface area (TPSA) is 43.6 Å². The second-order valence-corrected chi connectivity index (χ2v) is 4.90. The van der Waals surface area contributed by atoms with Gasteiger partial charge in [-0.2, -0.15) is 5.10 Å². The van der Waals surface area contributed by atoms with Crippen molar-refractivity contribution < 1.29 is 0 Å². The Morgan fingerprint density at radius 3 is 2.75 bits per heavy atom. The minimum Gasteiger partial charge on any atom is -0.261 e. The number of halogens is 2. The Morgan fingerprint density at radius 2 is 2.12 bits per heavy atom. The van der Waals surface area contributed by atoms with Crippen molar-refractivity contribution in [1.29, 1.82) is 0 Å². The van der Waals surface area contributed by atoms with Crippen LogP contribution in [0.15, 0.2) is 22.3 Å². The number of hydrogen-bond donors (Lipinski definition) is 0. The quantitative estimate of drug-likeness (QED) is 0.624. The molecule has 2 aromatic heterocycles. The largest absolute Gasteiger partial charge is 0.261 e. The second kappa shape index (κ2) is 4.61. The first-order valence-corrected chi connectivity index (χ1v) is 6.00. The van der Waals surface area contributed by atoms with Gasteiger partial charge in [0.1, 0.15) is 10.1 Å². The van der Waals surface area contributed by atoms with Gasteiger partial charge in [-0.3, -0.25) is 4.68 Å². The third kappa shape index (κ3) is 2.48. The monoisotopic (exact) mass is 274 g/mol. The maximum absolute atomic E-state index is 5.97. The van der Waals surface area contributed by atoms with E-state index in [9.17, 15) is 0 Å². The maximum atomic E-state index is 5.97. The Bertz CT molecular complexity index is 526. The Morgan fingerprint density at radius 1 is 1.38 bits per heavy atom. The molecule has 2 heterocycles. The van der Waals surface area contributed by atoms with Crippen LogP contribution in [0, 0.1) is 6.92 Å². The third-order valence-electron chi connectivity index (χ3n) is 1.84. The molecule has 2 aromatic rings. The summed E-state index contributed by atoms with van der Waals surface area (Å²) in [5.41, 5.74) is 0.946. The third-order valence-corrected chi connectivity index (χ3v) is 3.51. The van der Waals surface area contributed by atoms with Crippen molar-refractivity contribution in [3.8, 4) is 0 Å². The first kappa shape index (κ1) is 11.7. The van der Waals surface area contributed by atoms with Gasteiger partial charge in [-0.05, 0) is 36.4 Å². The molecular weight excluding hydrogens is 267 g/mol. The average molecular weight is 275 g/mol. The van der Waals surface area contributed by atoms with Crippen molar-refractivity contribution in [3.05, 3.63) is 28.3 Å². The molecule has 4 nitrogen and oxygen atoms in total. The van der Waals surface area contributed by atoms with Crippen LogP contribution in [0.2, 0.25) is 10.3 Å². The number of nitrogens with zero attached hydrogens (tertiary/aromatic N) is 4. The molecule has 0 amide bonds. The molecule has 0 saturated carbocycles. The molecule has 0 atom stereocenters. The number of aromatic nitrogens is 4. The molecule has 2 rings (SSSR count). The molecule has 0 bridgehead atoms. The van der Waals surface area contributed by atoms with Crippen LogP contribution in [-0.4, -0.2) is 19.7 Å². The van der Waals surface area contributed by atoms with Crippen LogP contribution < -0.4 is 0 Å². The smallest absolute Gasteiger partial charge is 0.223 e. The van der Waals surface area contributed by atoms with Crippen molar-refractivity contribution in [2.45, 2.75) is 17.0 Å². The Labute approximate surface area is 107 Å². The van der Waals surface area contributed by atoms with E-state index in [2.05, 4.69) is 15.1 Å². The summed E-state index contributed by atoms with van der Waals surface area (Å²) in [6, 6.07) is 1.96. The summed E-state index contributed by atoms with van der Waals surface area (Å²) >= 11 is 13.1. The van der Waals surface area contributed by atoms with Gasteiger partial charge in [-0.25, -0.2) is 9.97 Å². The molecular formula is C9H8Cl2N4S. The molecule has 0 fully saturated rings. The second-order valence-electron chi connectivity index (χ2n) is 3.14. The van der Waals surface area contributed by atoms with Crippen molar-refractivity contribution in [2.24, 2.45) is 7.05 Å². The summed E-state index contributed by atoms with van der Waals surface area (Å²) in [5, 5.41) is 6.48. The zero-order chi connectivity index (χ0) is 11.7. The molecule has 7 heteroatoms. The van der Waals surface area contributed by atoms with Gasteiger partial charge >= 0.3 is 0 Å². The van der Waals surface area contributed by atoms with Gasteiger partial charge in [0.05, 0.1) is 16.9 Å². The zero-order valence-electron chi connectivity index (χ0n) is 8.61. The van der Waals surface area contributed by atoms with Crippen molar-refractivity contribution >= 4 is 35.0 Å². The van der Waals surface area contributed by atoms with Crippen molar-refractivity contribution in [1.82, 2.24) is 19.7 Å². The van der Waals surface area contributed by atoms with Gasteiger partial charge in [0.25, 0.3) is 0 Å². The van der Waals surface area contributed by atoms with Crippen LogP contribution in [0.5, 0.6) is 0 Å². The Balaban J connectivity index is 2.33. The molecule has 0 aromatic carbocycles. The lowest BCUT2D eigenvalue weighted by Crippen LogP contribution is -1.93. The van der Waals surface area contributed by atoms with Crippen LogP contribution >= 0.6 is 35.0 Å². The summed E-state index contributed by atoms with van der Waals surface area (Å²) in [4.78, 5) is 7.86.